The smallest absolute Gasteiger partial charge is 0.258 e. The Hall–Kier alpha value is -1.64. The zero-order valence-corrected chi connectivity index (χ0v) is 7.06. The average Bonchev–Trinajstić information content (AvgIpc) is 2.89. The van der Waals surface area contributed by atoms with E-state index in [0.717, 1.165) is 5.56 Å². The molecule has 0 aliphatic heterocycles. The number of hydrogen-bond acceptors (Lipinski definition) is 2. The Morgan fingerprint density at radius 1 is 1.23 bits per heavy atom. The maximum Gasteiger partial charge on any atom is 0.269 e. The Kier molecular flexibility index (Phi) is 1.85. The van der Waals surface area contributed by atoms with Gasteiger partial charge in [-0.25, -0.2) is 0 Å². The van der Waals surface area contributed by atoms with Gasteiger partial charge in [0.25, 0.3) is 5.69 Å². The molecule has 66 valence electrons. The second-order valence-electron chi connectivity index (χ2n) is 3.15. The van der Waals surface area contributed by atoms with E-state index in [1.807, 2.05) is 0 Å². The molecule has 3 nitrogen and oxygen atoms in total. The van der Waals surface area contributed by atoms with Crippen LogP contribution in [0.1, 0.15) is 18.4 Å². The third kappa shape index (κ3) is 1.93. The highest BCUT2D eigenvalue weighted by molar-refractivity contribution is 5.57. The van der Waals surface area contributed by atoms with Crippen molar-refractivity contribution in [2.24, 2.45) is 0 Å². The van der Waals surface area contributed by atoms with Crippen LogP contribution in [0.2, 0.25) is 0 Å². The molecular formula is C10H9NO2. The van der Waals surface area contributed by atoms with Gasteiger partial charge in [0.2, 0.25) is 0 Å². The lowest BCUT2D eigenvalue weighted by atomic mass is 10.2. The van der Waals surface area contributed by atoms with Crippen LogP contribution in [0.3, 0.4) is 0 Å². The van der Waals surface area contributed by atoms with Crippen LogP contribution in [-0.2, 0) is 0 Å². The molecule has 13 heavy (non-hydrogen) atoms. The Morgan fingerprint density at radius 2 is 1.85 bits per heavy atom. The van der Waals surface area contributed by atoms with E-state index in [9.17, 15) is 10.1 Å². The summed E-state index contributed by atoms with van der Waals surface area (Å²) < 4.78 is 0. The molecule has 3 heteroatoms. The predicted molar refractivity (Wildman–Crippen MR) is 50.3 cm³/mol. The van der Waals surface area contributed by atoms with Crippen molar-refractivity contribution in [3.8, 4) is 0 Å². The normalized spacial score (nSPS) is 14.0. The van der Waals surface area contributed by atoms with Crippen LogP contribution in [0.4, 0.5) is 5.69 Å². The van der Waals surface area contributed by atoms with Crippen LogP contribution in [0, 0.1) is 10.1 Å². The van der Waals surface area contributed by atoms with Crippen molar-refractivity contribution in [2.75, 3.05) is 0 Å². The minimum Gasteiger partial charge on any atom is -0.258 e. The van der Waals surface area contributed by atoms with Gasteiger partial charge in [-0.3, -0.25) is 10.1 Å². The average molecular weight is 175 g/mol. The number of nitro benzene ring substituents is 1. The zero-order chi connectivity index (χ0) is 9.26. The molecule has 1 aliphatic rings. The molecule has 1 aromatic carbocycles. The van der Waals surface area contributed by atoms with Gasteiger partial charge in [0.1, 0.15) is 0 Å². The SMILES string of the molecule is O=[N+]([O-])c1ccc(C=C2CC2)cc1. The second-order valence-corrected chi connectivity index (χ2v) is 3.15. The zero-order valence-electron chi connectivity index (χ0n) is 7.06. The first kappa shape index (κ1) is 7.98. The third-order valence-corrected chi connectivity index (χ3v) is 2.01. The molecule has 0 radical (unpaired) electrons. The van der Waals surface area contributed by atoms with Gasteiger partial charge in [-0.05, 0) is 30.5 Å². The summed E-state index contributed by atoms with van der Waals surface area (Å²) in [6.45, 7) is 0. The fourth-order valence-electron chi connectivity index (χ4n) is 1.14. The van der Waals surface area contributed by atoms with E-state index in [1.54, 1.807) is 12.1 Å². The highest BCUT2D eigenvalue weighted by atomic mass is 16.6. The van der Waals surface area contributed by atoms with E-state index in [0.29, 0.717) is 0 Å². The summed E-state index contributed by atoms with van der Waals surface area (Å²) in [4.78, 5) is 9.96. The fraction of sp³-hybridized carbons (Fsp3) is 0.200. The van der Waals surface area contributed by atoms with E-state index in [4.69, 9.17) is 0 Å². The molecule has 0 unspecified atom stereocenters. The minimum atomic E-state index is -0.381. The molecule has 0 saturated heterocycles. The number of allylic oxidation sites excluding steroid dienone is 1. The lowest BCUT2D eigenvalue weighted by Gasteiger charge is -1.92. The third-order valence-electron chi connectivity index (χ3n) is 2.01. The topological polar surface area (TPSA) is 43.1 Å². The molecule has 0 atom stereocenters. The monoisotopic (exact) mass is 175 g/mol. The molecule has 1 aliphatic carbocycles. The number of rotatable bonds is 2. The summed E-state index contributed by atoms with van der Waals surface area (Å²) in [5.74, 6) is 0. The van der Waals surface area contributed by atoms with Gasteiger partial charge in [0.15, 0.2) is 0 Å². The molecule has 2 rings (SSSR count). The molecular weight excluding hydrogens is 166 g/mol. The molecule has 0 bridgehead atoms. The molecule has 1 saturated carbocycles. The number of hydrogen-bond donors (Lipinski definition) is 0. The van der Waals surface area contributed by atoms with Gasteiger partial charge < -0.3 is 0 Å². The summed E-state index contributed by atoms with van der Waals surface area (Å²) in [7, 11) is 0. The lowest BCUT2D eigenvalue weighted by molar-refractivity contribution is -0.384. The summed E-state index contributed by atoms with van der Waals surface area (Å²) in [5.41, 5.74) is 2.63. The number of non-ortho nitro benzene ring substituents is 1. The van der Waals surface area contributed by atoms with Crippen LogP contribution in [0.25, 0.3) is 6.08 Å². The number of nitrogens with zero attached hydrogens (tertiary/aromatic N) is 1. The number of benzene rings is 1. The van der Waals surface area contributed by atoms with Crippen molar-refractivity contribution < 1.29 is 4.92 Å². The molecule has 1 fully saturated rings. The van der Waals surface area contributed by atoms with Gasteiger partial charge in [-0.15, -0.1) is 0 Å². The van der Waals surface area contributed by atoms with E-state index < -0.39 is 0 Å². The summed E-state index contributed by atoms with van der Waals surface area (Å²) in [6, 6.07) is 6.64. The van der Waals surface area contributed by atoms with Crippen LogP contribution < -0.4 is 0 Å². The molecule has 0 heterocycles. The first-order valence-corrected chi connectivity index (χ1v) is 4.19. The van der Waals surface area contributed by atoms with Crippen LogP contribution >= 0.6 is 0 Å². The van der Waals surface area contributed by atoms with Crippen LogP contribution in [-0.4, -0.2) is 4.92 Å². The van der Waals surface area contributed by atoms with Gasteiger partial charge in [0, 0.05) is 12.1 Å². The van der Waals surface area contributed by atoms with E-state index in [-0.39, 0.29) is 10.6 Å². The fourth-order valence-corrected chi connectivity index (χ4v) is 1.14. The van der Waals surface area contributed by atoms with Gasteiger partial charge in [0.05, 0.1) is 4.92 Å². The standard InChI is InChI=1S/C10H9NO2/c12-11(13)10-5-3-9(4-6-10)7-8-1-2-8/h3-7H,1-2H2. The van der Waals surface area contributed by atoms with Crippen molar-refractivity contribution in [2.45, 2.75) is 12.8 Å². The maximum atomic E-state index is 10.3. The van der Waals surface area contributed by atoms with Gasteiger partial charge >= 0.3 is 0 Å². The van der Waals surface area contributed by atoms with E-state index in [2.05, 4.69) is 6.08 Å². The summed E-state index contributed by atoms with van der Waals surface area (Å²) in [5, 5.41) is 10.3. The van der Waals surface area contributed by atoms with E-state index >= 15 is 0 Å². The Bertz CT molecular complexity index is 359. The Labute approximate surface area is 75.8 Å². The molecule has 0 spiro atoms. The highest BCUT2D eigenvalue weighted by Crippen LogP contribution is 2.30. The van der Waals surface area contributed by atoms with Crippen LogP contribution in [0.5, 0.6) is 0 Å². The molecule has 1 aromatic rings. The van der Waals surface area contributed by atoms with E-state index in [1.165, 1.54) is 30.5 Å². The van der Waals surface area contributed by atoms with Gasteiger partial charge in [-0.1, -0.05) is 11.6 Å². The molecule has 0 amide bonds. The lowest BCUT2D eigenvalue weighted by Crippen LogP contribution is -1.86. The molecule has 0 N–H and O–H groups in total. The summed E-state index contributed by atoms with van der Waals surface area (Å²) in [6.07, 6.45) is 4.44. The quantitative estimate of drug-likeness (QED) is 0.512. The number of nitro groups is 1. The molecule has 0 aromatic heterocycles. The summed E-state index contributed by atoms with van der Waals surface area (Å²) >= 11 is 0. The minimum absolute atomic E-state index is 0.151. The van der Waals surface area contributed by atoms with Crippen molar-refractivity contribution in [3.05, 3.63) is 45.5 Å². The van der Waals surface area contributed by atoms with Crippen LogP contribution in [0.15, 0.2) is 29.8 Å². The van der Waals surface area contributed by atoms with Crippen molar-refractivity contribution in [1.82, 2.24) is 0 Å². The van der Waals surface area contributed by atoms with Crippen molar-refractivity contribution in [3.63, 3.8) is 0 Å². The first-order chi connectivity index (χ1) is 6.25. The Balaban J connectivity index is 2.22. The highest BCUT2D eigenvalue weighted by Gasteiger charge is 2.10. The maximum absolute atomic E-state index is 10.3. The Morgan fingerprint density at radius 3 is 2.31 bits per heavy atom. The largest absolute Gasteiger partial charge is 0.269 e. The van der Waals surface area contributed by atoms with Crippen molar-refractivity contribution in [1.29, 1.82) is 0 Å². The predicted octanol–water partition coefficient (Wildman–Crippen LogP) is 2.77. The first-order valence-electron chi connectivity index (χ1n) is 4.19. The van der Waals surface area contributed by atoms with Gasteiger partial charge in [-0.2, -0.15) is 0 Å². The second kappa shape index (κ2) is 3.01. The van der Waals surface area contributed by atoms with Crippen molar-refractivity contribution >= 4 is 11.8 Å².